The van der Waals surface area contributed by atoms with E-state index in [2.05, 4.69) is 15.9 Å². The molecule has 6 rings (SSSR count). The van der Waals surface area contributed by atoms with Crippen molar-refractivity contribution in [3.8, 4) is 12.1 Å². The molecule has 258 valence electrons. The number of anilines is 2. The van der Waals surface area contributed by atoms with Crippen molar-refractivity contribution < 1.29 is 43.6 Å². The van der Waals surface area contributed by atoms with Crippen molar-refractivity contribution in [3.63, 3.8) is 0 Å². The molecular weight excluding hydrogens is 638 g/mol. The molecule has 0 radical (unpaired) electrons. The molecule has 16 nitrogen and oxygen atoms in total. The van der Waals surface area contributed by atoms with Crippen molar-refractivity contribution in [3.05, 3.63) is 59.7 Å². The predicted octanol–water partition coefficient (Wildman–Crippen LogP) is 1.25. The third-order valence-electron chi connectivity index (χ3n) is 8.48. The third-order valence-corrected chi connectivity index (χ3v) is 8.48. The number of hydrogen-bond donors (Lipinski definition) is 2. The summed E-state index contributed by atoms with van der Waals surface area (Å²) >= 11 is 0. The van der Waals surface area contributed by atoms with Gasteiger partial charge in [0.1, 0.15) is 18.8 Å². The molecule has 49 heavy (non-hydrogen) atoms. The second kappa shape index (κ2) is 16.2. The van der Waals surface area contributed by atoms with Crippen molar-refractivity contribution >= 4 is 35.5 Å². The lowest BCUT2D eigenvalue weighted by Gasteiger charge is -2.39. The summed E-state index contributed by atoms with van der Waals surface area (Å²) in [5, 5.41) is 35.0. The lowest BCUT2D eigenvalue weighted by Crippen LogP contribution is -2.55. The molecule has 0 aliphatic carbocycles. The van der Waals surface area contributed by atoms with Crippen LogP contribution in [0, 0.1) is 22.7 Å². The number of aliphatic carboxylic acids is 2. The number of piperazine rings is 1. The number of nitrogens with zero attached hydrogens (tertiary/aromatic N) is 7. The lowest BCUT2D eigenvalue weighted by molar-refractivity contribution is -0.149. The Morgan fingerprint density at radius 3 is 1.57 bits per heavy atom. The Morgan fingerprint density at radius 1 is 0.694 bits per heavy atom. The lowest BCUT2D eigenvalue weighted by atomic mass is 10.1. The van der Waals surface area contributed by atoms with Gasteiger partial charge in [-0.05, 0) is 48.5 Å². The number of carbonyl (C=O) groups excluding carboxylic acids is 2. The Balaban J connectivity index is 0.000000191. The van der Waals surface area contributed by atoms with E-state index in [0.29, 0.717) is 69.2 Å². The topological polar surface area (TPSA) is 200 Å². The van der Waals surface area contributed by atoms with Crippen LogP contribution in [0.3, 0.4) is 0 Å². The maximum absolute atomic E-state index is 12.1. The van der Waals surface area contributed by atoms with Crippen molar-refractivity contribution in [2.75, 3.05) is 88.4 Å². The van der Waals surface area contributed by atoms with Gasteiger partial charge in [0, 0.05) is 63.7 Å². The van der Waals surface area contributed by atoms with E-state index in [-0.39, 0.29) is 37.6 Å². The highest BCUT2D eigenvalue weighted by Crippen LogP contribution is 2.25. The first-order valence-electron chi connectivity index (χ1n) is 15.8. The van der Waals surface area contributed by atoms with Crippen molar-refractivity contribution in [1.82, 2.24) is 14.7 Å². The number of benzene rings is 2. The van der Waals surface area contributed by atoms with E-state index in [4.69, 9.17) is 34.9 Å². The van der Waals surface area contributed by atoms with Crippen LogP contribution in [-0.4, -0.2) is 146 Å². The number of hydrogen-bond acceptors (Lipinski definition) is 12. The van der Waals surface area contributed by atoms with Crippen LogP contribution in [0.5, 0.6) is 0 Å². The highest BCUT2D eigenvalue weighted by Gasteiger charge is 2.37. The van der Waals surface area contributed by atoms with Gasteiger partial charge in [-0.1, -0.05) is 0 Å². The van der Waals surface area contributed by atoms with Crippen LogP contribution in [0.15, 0.2) is 48.5 Å². The Morgan fingerprint density at radius 2 is 1.14 bits per heavy atom. The van der Waals surface area contributed by atoms with E-state index in [1.54, 1.807) is 58.3 Å². The molecule has 4 aliphatic rings. The molecule has 16 heteroatoms. The second-order valence-electron chi connectivity index (χ2n) is 12.1. The zero-order valence-electron chi connectivity index (χ0n) is 26.7. The molecule has 0 bridgehead atoms. The predicted molar refractivity (Wildman–Crippen MR) is 172 cm³/mol. The number of amides is 2. The van der Waals surface area contributed by atoms with Gasteiger partial charge < -0.3 is 24.4 Å². The first-order valence-corrected chi connectivity index (χ1v) is 15.8. The van der Waals surface area contributed by atoms with Gasteiger partial charge in [-0.15, -0.1) is 0 Å². The summed E-state index contributed by atoms with van der Waals surface area (Å²) in [4.78, 5) is 54.6. The minimum absolute atomic E-state index is 0.0682. The zero-order chi connectivity index (χ0) is 34.9. The van der Waals surface area contributed by atoms with Gasteiger partial charge in [0.05, 0.1) is 49.0 Å². The molecule has 4 heterocycles. The number of likely N-dealkylation sites (tertiary alicyclic amines) is 1. The number of ether oxygens (including phenoxy) is 3. The Bertz CT molecular complexity index is 1580. The summed E-state index contributed by atoms with van der Waals surface area (Å²) in [5.41, 5.74) is 2.51. The van der Waals surface area contributed by atoms with Gasteiger partial charge >= 0.3 is 24.1 Å². The number of carbonyl (C=O) groups is 4. The normalized spacial score (nSPS) is 21.5. The fourth-order valence-electron chi connectivity index (χ4n) is 5.95. The third kappa shape index (κ3) is 9.65. The van der Waals surface area contributed by atoms with E-state index in [0.717, 1.165) is 18.8 Å². The zero-order valence-corrected chi connectivity index (χ0v) is 26.7. The number of carboxylic acids is 2. The average molecular weight is 676 g/mol. The van der Waals surface area contributed by atoms with Crippen LogP contribution in [0.1, 0.15) is 11.1 Å². The Labute approximate surface area is 282 Å². The quantitative estimate of drug-likeness (QED) is 0.345. The van der Waals surface area contributed by atoms with Crippen LogP contribution >= 0.6 is 0 Å². The molecule has 4 saturated heterocycles. The van der Waals surface area contributed by atoms with Gasteiger partial charge in [0.15, 0.2) is 0 Å². The minimum Gasteiger partial charge on any atom is -0.480 e. The molecule has 2 amide bonds. The smallest absolute Gasteiger partial charge is 0.414 e. The summed E-state index contributed by atoms with van der Waals surface area (Å²) in [6, 6.07) is 17.7. The molecule has 2 aromatic rings. The monoisotopic (exact) mass is 675 g/mol. The average Bonchev–Trinajstić information content (AvgIpc) is 3.63. The number of rotatable bonds is 11. The summed E-state index contributed by atoms with van der Waals surface area (Å²) in [5.74, 6) is -1.78. The van der Waals surface area contributed by atoms with Crippen molar-refractivity contribution in [2.45, 2.75) is 18.3 Å². The summed E-state index contributed by atoms with van der Waals surface area (Å²) in [7, 11) is 0. The molecule has 0 saturated carbocycles. The van der Waals surface area contributed by atoms with Crippen LogP contribution < -0.4 is 9.80 Å². The van der Waals surface area contributed by atoms with Gasteiger partial charge in [-0.3, -0.25) is 29.3 Å². The number of cyclic esters (lactones) is 2. The SMILES string of the molecule is N#Cc1ccc(N2CC(CN3CC(OCC(=O)O)C3)OC2=O)cc1.N#Cc1ccc(N2CC(CN3CCN(CC(=O)O)CC3)OC2=O)cc1. The first-order chi connectivity index (χ1) is 23.6. The summed E-state index contributed by atoms with van der Waals surface area (Å²) in [6.07, 6.45) is -1.31. The Hall–Kier alpha value is -5.26. The number of nitriles is 2. The Kier molecular flexibility index (Phi) is 11.6. The van der Waals surface area contributed by atoms with Crippen molar-refractivity contribution in [2.24, 2.45) is 0 Å². The molecule has 4 fully saturated rings. The van der Waals surface area contributed by atoms with Crippen LogP contribution in [-0.2, 0) is 23.8 Å². The van der Waals surface area contributed by atoms with Gasteiger partial charge in [0.2, 0.25) is 0 Å². The van der Waals surface area contributed by atoms with Crippen LogP contribution in [0.4, 0.5) is 21.0 Å². The molecule has 4 aliphatic heterocycles. The van der Waals surface area contributed by atoms with E-state index in [1.165, 1.54) is 0 Å². The molecule has 2 atom stereocenters. The van der Waals surface area contributed by atoms with Crippen LogP contribution in [0.25, 0.3) is 0 Å². The van der Waals surface area contributed by atoms with Gasteiger partial charge in [0.25, 0.3) is 0 Å². The fourth-order valence-corrected chi connectivity index (χ4v) is 5.95. The highest BCUT2D eigenvalue weighted by atomic mass is 16.6. The van der Waals surface area contributed by atoms with Crippen molar-refractivity contribution in [1.29, 1.82) is 10.5 Å². The fraction of sp³-hybridized carbons (Fsp3) is 0.455. The van der Waals surface area contributed by atoms with E-state index >= 15 is 0 Å². The molecule has 2 aromatic carbocycles. The summed E-state index contributed by atoms with van der Waals surface area (Å²) < 4.78 is 16.0. The van der Waals surface area contributed by atoms with Gasteiger partial charge in [-0.2, -0.15) is 10.5 Å². The molecular formula is C33H37N7O9. The maximum atomic E-state index is 12.1. The standard InChI is InChI=1S/C17H20N4O4.C16H17N3O5/c18-9-13-1-3-14(4-2-13)21-11-15(25-17(21)24)10-19-5-7-20(8-6-19)12-16(22)23;17-5-11-1-3-12(4-2-11)19-9-14(24-16(19)22)8-18-6-13(7-18)23-10-15(20)21/h1-4,15H,5-8,10-12H2,(H,22,23);1-4,13-14H,6-10H2,(H,20,21). The van der Waals surface area contributed by atoms with E-state index < -0.39 is 18.0 Å². The molecule has 2 N–H and O–H groups in total. The van der Waals surface area contributed by atoms with E-state index in [9.17, 15) is 19.2 Å². The summed E-state index contributed by atoms with van der Waals surface area (Å²) in [6.45, 7) is 6.13. The second-order valence-corrected chi connectivity index (χ2v) is 12.1. The highest BCUT2D eigenvalue weighted by molar-refractivity contribution is 5.90. The molecule has 0 aromatic heterocycles. The largest absolute Gasteiger partial charge is 0.480 e. The first kappa shape index (κ1) is 35.1. The maximum Gasteiger partial charge on any atom is 0.414 e. The molecule has 2 unspecified atom stereocenters. The number of carboxylic acid groups (broad SMARTS) is 2. The van der Waals surface area contributed by atoms with Gasteiger partial charge in [-0.25, -0.2) is 14.4 Å². The molecule has 0 spiro atoms. The minimum atomic E-state index is -0.976. The van der Waals surface area contributed by atoms with Crippen LogP contribution in [0.2, 0.25) is 0 Å². The van der Waals surface area contributed by atoms with E-state index in [1.807, 2.05) is 11.0 Å².